The van der Waals surface area contributed by atoms with Crippen LogP contribution in [0.4, 0.5) is 0 Å². The third-order valence-electron chi connectivity index (χ3n) is 4.32. The van der Waals surface area contributed by atoms with Crippen molar-refractivity contribution in [1.82, 2.24) is 19.2 Å². The molecule has 1 aliphatic rings. The van der Waals surface area contributed by atoms with Crippen molar-refractivity contribution in [3.05, 3.63) is 57.8 Å². The lowest BCUT2D eigenvalue weighted by molar-refractivity contribution is 0.0693. The number of benzene rings is 1. The number of aromatic nitrogens is 4. The highest BCUT2D eigenvalue weighted by atomic mass is 16.4. The summed E-state index contributed by atoms with van der Waals surface area (Å²) in [5, 5.41) is 22.9. The molecule has 1 aromatic carbocycles. The third-order valence-corrected chi connectivity index (χ3v) is 4.32. The number of rotatable bonds is 5. The van der Waals surface area contributed by atoms with Crippen molar-refractivity contribution in [3.63, 3.8) is 0 Å². The lowest BCUT2D eigenvalue weighted by atomic mass is 10.1. The van der Waals surface area contributed by atoms with E-state index in [1.54, 1.807) is 28.8 Å². The average molecular weight is 340 g/mol. The molecule has 0 atom stereocenters. The molecular formula is C17H16N4O4. The minimum absolute atomic E-state index is 0.189. The fourth-order valence-electron chi connectivity index (χ4n) is 2.76. The summed E-state index contributed by atoms with van der Waals surface area (Å²) in [5.74, 6) is 0.120. The molecule has 8 heteroatoms. The predicted octanol–water partition coefficient (Wildman–Crippen LogP) is 1.41. The number of hydrogen-bond acceptors (Lipinski definition) is 5. The number of carboxylic acids is 1. The number of hydrogen-bond donors (Lipinski definition) is 2. The Morgan fingerprint density at radius 3 is 2.60 bits per heavy atom. The molecule has 0 amide bonds. The summed E-state index contributed by atoms with van der Waals surface area (Å²) in [6, 6.07) is 6.79. The molecule has 2 aromatic heterocycles. The fraction of sp³-hybridized carbons (Fsp3) is 0.294. The third kappa shape index (κ3) is 2.86. The van der Waals surface area contributed by atoms with Gasteiger partial charge in [-0.25, -0.2) is 4.79 Å². The zero-order valence-electron chi connectivity index (χ0n) is 13.3. The fourth-order valence-corrected chi connectivity index (χ4v) is 2.76. The van der Waals surface area contributed by atoms with E-state index in [0.717, 1.165) is 22.9 Å². The Balaban J connectivity index is 1.75. The highest BCUT2D eigenvalue weighted by molar-refractivity contribution is 5.86. The molecule has 128 valence electrons. The van der Waals surface area contributed by atoms with E-state index < -0.39 is 11.5 Å². The monoisotopic (exact) mass is 340 g/mol. The first kappa shape index (κ1) is 15.4. The van der Waals surface area contributed by atoms with Gasteiger partial charge in [-0.1, -0.05) is 12.1 Å². The molecule has 2 heterocycles. The Kier molecular flexibility index (Phi) is 3.52. The highest BCUT2D eigenvalue weighted by Gasteiger charge is 2.29. The van der Waals surface area contributed by atoms with Crippen molar-refractivity contribution in [2.75, 3.05) is 0 Å². The lowest BCUT2D eigenvalue weighted by Crippen LogP contribution is -2.26. The van der Waals surface area contributed by atoms with E-state index in [0.29, 0.717) is 24.6 Å². The van der Waals surface area contributed by atoms with Crippen molar-refractivity contribution in [1.29, 1.82) is 0 Å². The highest BCUT2D eigenvalue weighted by Crippen LogP contribution is 2.38. The van der Waals surface area contributed by atoms with Gasteiger partial charge in [0.15, 0.2) is 5.82 Å². The average Bonchev–Trinajstić information content (AvgIpc) is 3.34. The van der Waals surface area contributed by atoms with Crippen LogP contribution in [0.2, 0.25) is 0 Å². The molecule has 8 nitrogen and oxygen atoms in total. The Morgan fingerprint density at radius 2 is 1.96 bits per heavy atom. The maximum Gasteiger partial charge on any atom is 0.342 e. The van der Waals surface area contributed by atoms with Gasteiger partial charge in [0.05, 0.1) is 0 Å². The largest absolute Gasteiger partial charge is 0.508 e. The van der Waals surface area contributed by atoms with Crippen LogP contribution in [-0.4, -0.2) is 35.3 Å². The summed E-state index contributed by atoms with van der Waals surface area (Å²) >= 11 is 0. The second kappa shape index (κ2) is 5.73. The number of carboxylic acid groups (broad SMARTS) is 1. The number of carbonyl (C=O) groups is 1. The van der Waals surface area contributed by atoms with E-state index in [2.05, 4.69) is 10.1 Å². The standard InChI is InChI=1S/C17H16N4O4/c22-12-5-1-10(2-6-12)7-8-20-9-13(16(24)25)15(23)21-17(20)18-14(19-21)11-3-4-11/h1-2,5-6,9,11,22H,3-4,7-8H2,(H,24,25). The Morgan fingerprint density at radius 1 is 1.24 bits per heavy atom. The first-order chi connectivity index (χ1) is 12.0. The van der Waals surface area contributed by atoms with E-state index in [1.165, 1.54) is 6.20 Å². The summed E-state index contributed by atoms with van der Waals surface area (Å²) < 4.78 is 2.74. The summed E-state index contributed by atoms with van der Waals surface area (Å²) in [6.45, 7) is 0.442. The van der Waals surface area contributed by atoms with Gasteiger partial charge >= 0.3 is 5.97 Å². The zero-order valence-corrected chi connectivity index (χ0v) is 13.3. The molecule has 0 spiro atoms. The predicted molar refractivity (Wildman–Crippen MR) is 88.0 cm³/mol. The van der Waals surface area contributed by atoms with Crippen molar-refractivity contribution in [2.45, 2.75) is 31.7 Å². The molecule has 1 fully saturated rings. The molecule has 0 aliphatic heterocycles. The van der Waals surface area contributed by atoms with E-state index >= 15 is 0 Å². The van der Waals surface area contributed by atoms with E-state index in [1.807, 2.05) is 0 Å². The number of aromatic hydroxyl groups is 1. The first-order valence-corrected chi connectivity index (χ1v) is 8.04. The number of aryl methyl sites for hydroxylation is 2. The van der Waals surface area contributed by atoms with Gasteiger partial charge in [0.25, 0.3) is 5.56 Å². The van der Waals surface area contributed by atoms with Crippen LogP contribution in [0, 0.1) is 0 Å². The second-order valence-corrected chi connectivity index (χ2v) is 6.22. The lowest BCUT2D eigenvalue weighted by Gasteiger charge is -2.09. The van der Waals surface area contributed by atoms with Crippen molar-refractivity contribution in [2.24, 2.45) is 0 Å². The summed E-state index contributed by atoms with van der Waals surface area (Å²) in [7, 11) is 0. The van der Waals surface area contributed by atoms with E-state index in [9.17, 15) is 19.8 Å². The molecular weight excluding hydrogens is 324 g/mol. The van der Waals surface area contributed by atoms with Gasteiger partial charge < -0.3 is 14.8 Å². The number of phenolic OH excluding ortho intramolecular Hbond substituents is 1. The molecule has 25 heavy (non-hydrogen) atoms. The van der Waals surface area contributed by atoms with Gasteiger partial charge in [0.1, 0.15) is 11.3 Å². The van der Waals surface area contributed by atoms with Gasteiger partial charge in [-0.3, -0.25) is 4.79 Å². The second-order valence-electron chi connectivity index (χ2n) is 6.22. The maximum absolute atomic E-state index is 12.3. The molecule has 1 aliphatic carbocycles. The molecule has 0 saturated heterocycles. The van der Waals surface area contributed by atoms with Crippen LogP contribution in [0.1, 0.15) is 40.5 Å². The van der Waals surface area contributed by atoms with Crippen LogP contribution in [0.3, 0.4) is 0 Å². The first-order valence-electron chi connectivity index (χ1n) is 8.04. The van der Waals surface area contributed by atoms with Gasteiger partial charge in [-0.2, -0.15) is 9.50 Å². The van der Waals surface area contributed by atoms with Gasteiger partial charge in [0, 0.05) is 18.7 Å². The molecule has 2 N–H and O–H groups in total. The van der Waals surface area contributed by atoms with Gasteiger partial charge in [0.2, 0.25) is 5.78 Å². The zero-order chi connectivity index (χ0) is 17.6. The minimum atomic E-state index is -1.28. The number of nitrogens with zero attached hydrogens (tertiary/aromatic N) is 4. The summed E-state index contributed by atoms with van der Waals surface area (Å²) in [6.07, 6.45) is 3.91. The topological polar surface area (TPSA) is 110 Å². The Bertz CT molecular complexity index is 1020. The Labute approximate surface area is 142 Å². The van der Waals surface area contributed by atoms with Crippen molar-refractivity contribution >= 4 is 11.7 Å². The molecule has 0 unspecified atom stereocenters. The molecule has 3 aromatic rings. The SMILES string of the molecule is O=C(O)c1cn(CCc2ccc(O)cc2)c2nc(C3CC3)nn2c1=O. The quantitative estimate of drug-likeness (QED) is 0.727. The van der Waals surface area contributed by atoms with Crippen LogP contribution in [-0.2, 0) is 13.0 Å². The van der Waals surface area contributed by atoms with Crippen LogP contribution in [0.15, 0.2) is 35.3 Å². The molecule has 1 saturated carbocycles. The number of phenols is 1. The van der Waals surface area contributed by atoms with Crippen LogP contribution >= 0.6 is 0 Å². The van der Waals surface area contributed by atoms with E-state index in [4.69, 9.17) is 0 Å². The van der Waals surface area contributed by atoms with Crippen molar-refractivity contribution < 1.29 is 15.0 Å². The normalized spacial score (nSPS) is 14.1. The van der Waals surface area contributed by atoms with Gasteiger partial charge in [-0.15, -0.1) is 5.10 Å². The maximum atomic E-state index is 12.3. The molecule has 0 bridgehead atoms. The summed E-state index contributed by atoms with van der Waals surface area (Å²) in [5.41, 5.74) is -0.0123. The number of fused-ring (bicyclic) bond motifs is 1. The van der Waals surface area contributed by atoms with Crippen LogP contribution in [0.5, 0.6) is 5.75 Å². The van der Waals surface area contributed by atoms with Gasteiger partial charge in [-0.05, 0) is 37.0 Å². The number of aromatic carboxylic acids is 1. The molecule has 4 rings (SSSR count). The van der Waals surface area contributed by atoms with E-state index in [-0.39, 0.29) is 17.2 Å². The smallest absolute Gasteiger partial charge is 0.342 e. The minimum Gasteiger partial charge on any atom is -0.508 e. The summed E-state index contributed by atoms with van der Waals surface area (Å²) in [4.78, 5) is 28.2. The molecule has 0 radical (unpaired) electrons. The van der Waals surface area contributed by atoms with Crippen LogP contribution < -0.4 is 5.56 Å². The van der Waals surface area contributed by atoms with Crippen molar-refractivity contribution in [3.8, 4) is 5.75 Å². The Hall–Kier alpha value is -3.16. The van der Waals surface area contributed by atoms with Crippen LogP contribution in [0.25, 0.3) is 5.78 Å².